The summed E-state index contributed by atoms with van der Waals surface area (Å²) in [5, 5.41) is 5.27. The molecular formula is C18H16ClF3N2O2. The van der Waals surface area contributed by atoms with Crippen molar-refractivity contribution < 1.29 is 22.8 Å². The minimum absolute atomic E-state index is 0.125. The van der Waals surface area contributed by atoms with Crippen LogP contribution in [0.2, 0.25) is 5.02 Å². The fraction of sp³-hybridized carbons (Fsp3) is 0.222. The number of benzene rings is 2. The van der Waals surface area contributed by atoms with Crippen molar-refractivity contribution in [2.75, 3.05) is 11.9 Å². The number of nitrogens with one attached hydrogen (secondary N) is 2. The fourth-order valence-corrected chi connectivity index (χ4v) is 2.42. The molecule has 0 aliphatic rings. The summed E-state index contributed by atoms with van der Waals surface area (Å²) in [4.78, 5) is 24.1. The Morgan fingerprint density at radius 3 is 2.42 bits per heavy atom. The third kappa shape index (κ3) is 4.98. The number of anilines is 1. The number of carbonyl (C=O) groups excluding carboxylic acids is 2. The van der Waals surface area contributed by atoms with Crippen LogP contribution in [-0.2, 0) is 6.18 Å². The monoisotopic (exact) mass is 384 g/mol. The van der Waals surface area contributed by atoms with Crippen LogP contribution in [0.5, 0.6) is 0 Å². The van der Waals surface area contributed by atoms with Crippen LogP contribution >= 0.6 is 11.6 Å². The van der Waals surface area contributed by atoms with Gasteiger partial charge in [0.25, 0.3) is 11.8 Å². The quantitative estimate of drug-likeness (QED) is 0.781. The molecule has 8 heteroatoms. The highest BCUT2D eigenvalue weighted by Gasteiger charge is 2.30. The van der Waals surface area contributed by atoms with Gasteiger partial charge in [-0.05, 0) is 42.8 Å². The van der Waals surface area contributed by atoms with Crippen molar-refractivity contribution in [1.29, 1.82) is 0 Å². The third-order valence-corrected chi connectivity index (χ3v) is 3.77. The van der Waals surface area contributed by atoms with Crippen LogP contribution in [0.4, 0.5) is 18.9 Å². The van der Waals surface area contributed by atoms with Crippen LogP contribution < -0.4 is 10.6 Å². The number of carbonyl (C=O) groups is 2. The maximum absolute atomic E-state index is 12.7. The normalized spacial score (nSPS) is 11.1. The van der Waals surface area contributed by atoms with Crippen molar-refractivity contribution in [3.05, 3.63) is 64.2 Å². The molecule has 2 amide bonds. The second kappa shape index (κ2) is 8.23. The Bertz CT molecular complexity index is 822. The van der Waals surface area contributed by atoms with Crippen molar-refractivity contribution in [3.8, 4) is 0 Å². The lowest BCUT2D eigenvalue weighted by atomic mass is 10.1. The van der Waals surface area contributed by atoms with Crippen LogP contribution in [0.15, 0.2) is 42.5 Å². The molecule has 0 aromatic heterocycles. The average molecular weight is 385 g/mol. The van der Waals surface area contributed by atoms with Gasteiger partial charge >= 0.3 is 6.18 Å². The number of halogens is 4. The SMILES string of the molecule is CCCNC(=O)c1ccc(NC(=O)c2cccc(C(F)(F)F)c2)cc1Cl. The van der Waals surface area contributed by atoms with E-state index >= 15 is 0 Å². The smallest absolute Gasteiger partial charge is 0.352 e. The molecule has 0 radical (unpaired) electrons. The van der Waals surface area contributed by atoms with Crippen molar-refractivity contribution in [2.24, 2.45) is 0 Å². The number of hydrogen-bond acceptors (Lipinski definition) is 2. The van der Waals surface area contributed by atoms with Crippen LogP contribution in [-0.4, -0.2) is 18.4 Å². The van der Waals surface area contributed by atoms with Crippen molar-refractivity contribution >= 4 is 29.1 Å². The van der Waals surface area contributed by atoms with Gasteiger partial charge in [0, 0.05) is 17.8 Å². The van der Waals surface area contributed by atoms with Crippen LogP contribution in [0, 0.1) is 0 Å². The fourth-order valence-electron chi connectivity index (χ4n) is 2.15. The van der Waals surface area contributed by atoms with Gasteiger partial charge in [-0.15, -0.1) is 0 Å². The average Bonchev–Trinajstić information content (AvgIpc) is 2.59. The maximum Gasteiger partial charge on any atom is 0.416 e. The zero-order valence-corrected chi connectivity index (χ0v) is 14.5. The van der Waals surface area contributed by atoms with Gasteiger partial charge in [0.05, 0.1) is 16.1 Å². The molecule has 0 saturated carbocycles. The summed E-state index contributed by atoms with van der Waals surface area (Å²) in [5.41, 5.74) is -0.534. The predicted octanol–water partition coefficient (Wildman–Crippen LogP) is 4.75. The van der Waals surface area contributed by atoms with Crippen molar-refractivity contribution in [2.45, 2.75) is 19.5 Å². The topological polar surface area (TPSA) is 58.2 Å². The van der Waals surface area contributed by atoms with E-state index in [0.717, 1.165) is 24.6 Å². The maximum atomic E-state index is 12.7. The number of rotatable bonds is 5. The summed E-state index contributed by atoms with van der Waals surface area (Å²) >= 11 is 6.06. The highest BCUT2D eigenvalue weighted by molar-refractivity contribution is 6.34. The molecule has 0 atom stereocenters. The zero-order valence-electron chi connectivity index (χ0n) is 13.8. The van der Waals surface area contributed by atoms with Gasteiger partial charge in [0.15, 0.2) is 0 Å². The summed E-state index contributed by atoms with van der Waals surface area (Å²) in [6.07, 6.45) is -3.76. The van der Waals surface area contributed by atoms with Gasteiger partial charge in [-0.3, -0.25) is 9.59 Å². The zero-order chi connectivity index (χ0) is 19.3. The van der Waals surface area contributed by atoms with Crippen molar-refractivity contribution in [3.63, 3.8) is 0 Å². The first-order chi connectivity index (χ1) is 12.2. The Kier molecular flexibility index (Phi) is 6.26. The Balaban J connectivity index is 2.15. The van der Waals surface area contributed by atoms with Gasteiger partial charge < -0.3 is 10.6 Å². The van der Waals surface area contributed by atoms with Gasteiger partial charge in [0.1, 0.15) is 0 Å². The summed E-state index contributed by atoms with van der Waals surface area (Å²) in [6, 6.07) is 8.35. The highest BCUT2D eigenvalue weighted by atomic mass is 35.5. The summed E-state index contributed by atoms with van der Waals surface area (Å²) in [6.45, 7) is 2.41. The minimum Gasteiger partial charge on any atom is -0.352 e. The minimum atomic E-state index is -4.53. The van der Waals surface area contributed by atoms with E-state index in [1.807, 2.05) is 6.92 Å². The molecule has 2 aromatic rings. The van der Waals surface area contributed by atoms with E-state index in [-0.39, 0.29) is 27.7 Å². The molecule has 2 aromatic carbocycles. The lowest BCUT2D eigenvalue weighted by Gasteiger charge is -2.11. The Morgan fingerprint density at radius 2 is 1.81 bits per heavy atom. The summed E-state index contributed by atoms with van der Waals surface area (Å²) < 4.78 is 38.2. The third-order valence-electron chi connectivity index (χ3n) is 3.46. The van der Waals surface area contributed by atoms with Gasteiger partial charge in [-0.1, -0.05) is 24.6 Å². The largest absolute Gasteiger partial charge is 0.416 e. The number of alkyl halides is 3. The molecule has 2 N–H and O–H groups in total. The van der Waals surface area contributed by atoms with E-state index in [1.165, 1.54) is 24.3 Å². The number of hydrogen-bond donors (Lipinski definition) is 2. The summed E-state index contributed by atoms with van der Waals surface area (Å²) in [5.74, 6) is -1.05. The van der Waals surface area contributed by atoms with Crippen LogP contribution in [0.1, 0.15) is 39.6 Å². The van der Waals surface area contributed by atoms with Gasteiger partial charge in [-0.25, -0.2) is 0 Å². The standard InChI is InChI=1S/C18H16ClF3N2O2/c1-2-8-23-17(26)14-7-6-13(10-15(14)19)24-16(25)11-4-3-5-12(9-11)18(20,21)22/h3-7,9-10H,2,8H2,1H3,(H,23,26)(H,24,25). The van der Waals surface area contributed by atoms with Crippen LogP contribution in [0.3, 0.4) is 0 Å². The predicted molar refractivity (Wildman–Crippen MR) is 93.5 cm³/mol. The lowest BCUT2D eigenvalue weighted by molar-refractivity contribution is -0.137. The van der Waals surface area contributed by atoms with Gasteiger partial charge in [0.2, 0.25) is 0 Å². The Labute approximate surface area is 153 Å². The molecule has 0 spiro atoms. The van der Waals surface area contributed by atoms with E-state index in [2.05, 4.69) is 10.6 Å². The van der Waals surface area contributed by atoms with E-state index < -0.39 is 17.6 Å². The molecular weight excluding hydrogens is 369 g/mol. The molecule has 138 valence electrons. The molecule has 0 unspecified atom stereocenters. The Hall–Kier alpha value is -2.54. The van der Waals surface area contributed by atoms with E-state index in [4.69, 9.17) is 11.6 Å². The molecule has 26 heavy (non-hydrogen) atoms. The molecule has 0 aliphatic heterocycles. The van der Waals surface area contributed by atoms with E-state index in [9.17, 15) is 22.8 Å². The highest BCUT2D eigenvalue weighted by Crippen LogP contribution is 2.29. The molecule has 0 bridgehead atoms. The lowest BCUT2D eigenvalue weighted by Crippen LogP contribution is -2.24. The van der Waals surface area contributed by atoms with Crippen LogP contribution in [0.25, 0.3) is 0 Å². The second-order valence-electron chi connectivity index (χ2n) is 5.48. The van der Waals surface area contributed by atoms with E-state index in [0.29, 0.717) is 6.54 Å². The molecule has 0 aliphatic carbocycles. The first kappa shape index (κ1) is 19.8. The van der Waals surface area contributed by atoms with Gasteiger partial charge in [-0.2, -0.15) is 13.2 Å². The van der Waals surface area contributed by atoms with E-state index in [1.54, 1.807) is 0 Å². The van der Waals surface area contributed by atoms with Crippen molar-refractivity contribution in [1.82, 2.24) is 5.32 Å². The molecule has 0 fully saturated rings. The molecule has 0 heterocycles. The number of amides is 2. The molecule has 0 saturated heterocycles. The first-order valence-corrected chi connectivity index (χ1v) is 8.16. The second-order valence-corrected chi connectivity index (χ2v) is 5.89. The molecule has 2 rings (SSSR count). The molecule has 4 nitrogen and oxygen atoms in total. The first-order valence-electron chi connectivity index (χ1n) is 7.78. The Morgan fingerprint density at radius 1 is 1.08 bits per heavy atom. The summed E-state index contributed by atoms with van der Waals surface area (Å²) in [7, 11) is 0.